The number of hydrogen-bond donors (Lipinski definition) is 1. The average Bonchev–Trinajstić information content (AvgIpc) is 2.55. The number of fused-ring (bicyclic) bond motifs is 1. The van der Waals surface area contributed by atoms with E-state index in [4.69, 9.17) is 13.7 Å². The summed E-state index contributed by atoms with van der Waals surface area (Å²) in [5.74, 6) is 0.313. The lowest BCUT2D eigenvalue weighted by Gasteiger charge is -2.21. The van der Waals surface area contributed by atoms with Gasteiger partial charge in [0.25, 0.3) is 0 Å². The lowest BCUT2D eigenvalue weighted by atomic mass is 10.0. The molecule has 1 heterocycles. The molecular weight excluding hydrogens is 337 g/mol. The third-order valence-corrected chi connectivity index (χ3v) is 4.37. The Kier molecular flexibility index (Phi) is 4.70. The van der Waals surface area contributed by atoms with Crippen molar-refractivity contribution in [3.63, 3.8) is 0 Å². The molecule has 6 nitrogen and oxygen atoms in total. The molecule has 24 heavy (non-hydrogen) atoms. The molecule has 1 aliphatic rings. The van der Waals surface area contributed by atoms with Crippen molar-refractivity contribution in [1.82, 2.24) is 4.72 Å². The summed E-state index contributed by atoms with van der Waals surface area (Å²) in [6.45, 7) is 0.872. The largest absolute Gasteiger partial charge is 0.491 e. The quantitative estimate of drug-likeness (QED) is 0.835. The molecule has 3 rings (SSSR count). The smallest absolute Gasteiger partial charge is 0.382 e. The fourth-order valence-corrected chi connectivity index (χ4v) is 3.18. The highest BCUT2D eigenvalue weighted by Gasteiger charge is 2.26. The summed E-state index contributed by atoms with van der Waals surface area (Å²) in [4.78, 5) is 0. The third kappa shape index (κ3) is 3.66. The average molecular weight is 353 g/mol. The molecule has 2 aromatic rings. The van der Waals surface area contributed by atoms with E-state index in [1.165, 1.54) is 12.1 Å². The van der Waals surface area contributed by atoms with Crippen molar-refractivity contribution in [2.45, 2.75) is 6.54 Å². The zero-order valence-corrected chi connectivity index (χ0v) is 13.7. The van der Waals surface area contributed by atoms with Crippen molar-refractivity contribution in [3.05, 3.63) is 47.8 Å². The third-order valence-electron chi connectivity index (χ3n) is 3.48. The van der Waals surface area contributed by atoms with Crippen LogP contribution in [0.1, 0.15) is 5.56 Å². The molecule has 8 heteroatoms. The molecule has 2 aromatic carbocycles. The molecule has 0 radical (unpaired) electrons. The first-order valence-electron chi connectivity index (χ1n) is 7.22. The van der Waals surface area contributed by atoms with Crippen LogP contribution in [0.3, 0.4) is 0 Å². The van der Waals surface area contributed by atoms with E-state index in [2.05, 4.69) is 4.72 Å². The first kappa shape index (κ1) is 16.7. The van der Waals surface area contributed by atoms with E-state index in [1.54, 1.807) is 31.4 Å². The van der Waals surface area contributed by atoms with Gasteiger partial charge in [0.1, 0.15) is 18.2 Å². The summed E-state index contributed by atoms with van der Waals surface area (Å²) in [7, 11) is -2.29. The molecule has 0 bridgehead atoms. The summed E-state index contributed by atoms with van der Waals surface area (Å²) in [6.07, 6.45) is 0. The van der Waals surface area contributed by atoms with Gasteiger partial charge in [0.15, 0.2) is 5.75 Å². The van der Waals surface area contributed by atoms with Crippen LogP contribution in [0.25, 0.3) is 11.1 Å². The highest BCUT2D eigenvalue weighted by molar-refractivity contribution is 7.85. The van der Waals surface area contributed by atoms with Crippen molar-refractivity contribution in [3.8, 4) is 22.6 Å². The molecule has 0 amide bonds. The van der Waals surface area contributed by atoms with Crippen molar-refractivity contribution < 1.29 is 26.5 Å². The SMILES string of the molecule is COCCOc1ccc(-c2cc(F)cc3c2OS(=O)(=O)NC3)cc1. The fourth-order valence-electron chi connectivity index (χ4n) is 2.37. The number of halogens is 1. The van der Waals surface area contributed by atoms with E-state index < -0.39 is 16.1 Å². The predicted molar refractivity (Wildman–Crippen MR) is 85.6 cm³/mol. The van der Waals surface area contributed by atoms with Crippen molar-refractivity contribution in [2.75, 3.05) is 20.3 Å². The lowest BCUT2D eigenvalue weighted by molar-refractivity contribution is 0.146. The Hall–Kier alpha value is -2.16. The van der Waals surface area contributed by atoms with Gasteiger partial charge in [0, 0.05) is 24.8 Å². The number of hydrogen-bond acceptors (Lipinski definition) is 5. The first-order chi connectivity index (χ1) is 11.5. The Balaban J connectivity index is 1.93. The minimum Gasteiger partial charge on any atom is -0.491 e. The van der Waals surface area contributed by atoms with Gasteiger partial charge in [-0.3, -0.25) is 0 Å². The van der Waals surface area contributed by atoms with Gasteiger partial charge in [-0.2, -0.15) is 13.1 Å². The molecule has 0 fully saturated rings. The lowest BCUT2D eigenvalue weighted by Crippen LogP contribution is -2.32. The maximum atomic E-state index is 13.8. The van der Waals surface area contributed by atoms with E-state index in [1.807, 2.05) is 0 Å². The zero-order valence-electron chi connectivity index (χ0n) is 12.9. The van der Waals surface area contributed by atoms with Gasteiger partial charge >= 0.3 is 10.3 Å². The Bertz CT molecular complexity index is 836. The molecule has 1 aliphatic heterocycles. The maximum absolute atomic E-state index is 13.8. The Morgan fingerprint density at radius 2 is 1.96 bits per heavy atom. The van der Waals surface area contributed by atoms with Gasteiger partial charge < -0.3 is 13.7 Å². The van der Waals surface area contributed by atoms with Crippen LogP contribution in [0.4, 0.5) is 4.39 Å². The summed E-state index contributed by atoms with van der Waals surface area (Å²) in [6, 6.07) is 9.38. The maximum Gasteiger partial charge on any atom is 0.382 e. The molecule has 0 spiro atoms. The van der Waals surface area contributed by atoms with Gasteiger partial charge in [-0.1, -0.05) is 12.1 Å². The summed E-state index contributed by atoms with van der Waals surface area (Å²) in [5, 5.41) is 0. The Morgan fingerprint density at radius 3 is 2.67 bits per heavy atom. The number of methoxy groups -OCH3 is 1. The van der Waals surface area contributed by atoms with Gasteiger partial charge in [-0.25, -0.2) is 4.39 Å². The van der Waals surface area contributed by atoms with Crippen molar-refractivity contribution in [1.29, 1.82) is 0 Å². The van der Waals surface area contributed by atoms with E-state index >= 15 is 0 Å². The van der Waals surface area contributed by atoms with E-state index in [0.717, 1.165) is 0 Å². The highest BCUT2D eigenvalue weighted by atomic mass is 32.2. The van der Waals surface area contributed by atoms with Crippen LogP contribution < -0.4 is 13.6 Å². The van der Waals surface area contributed by atoms with Gasteiger partial charge in [-0.05, 0) is 29.8 Å². The molecular formula is C16H16FNO5S. The summed E-state index contributed by atoms with van der Waals surface area (Å²) < 4.78 is 54.7. The molecule has 1 N–H and O–H groups in total. The highest BCUT2D eigenvalue weighted by Crippen LogP contribution is 2.37. The number of benzene rings is 2. The second-order valence-corrected chi connectivity index (χ2v) is 6.53. The molecule has 0 unspecified atom stereocenters. The van der Waals surface area contributed by atoms with Crippen molar-refractivity contribution in [2.24, 2.45) is 0 Å². The molecule has 0 aliphatic carbocycles. The second-order valence-electron chi connectivity index (χ2n) is 5.17. The topological polar surface area (TPSA) is 73.9 Å². The van der Waals surface area contributed by atoms with Crippen LogP contribution in [-0.2, 0) is 21.6 Å². The predicted octanol–water partition coefficient (Wildman–Crippen LogP) is 2.24. The van der Waals surface area contributed by atoms with Crippen LogP contribution >= 0.6 is 0 Å². The minimum atomic E-state index is -3.87. The van der Waals surface area contributed by atoms with Gasteiger partial charge in [0.2, 0.25) is 0 Å². The second kappa shape index (κ2) is 6.76. The monoisotopic (exact) mass is 353 g/mol. The molecule has 0 aromatic heterocycles. The van der Waals surface area contributed by atoms with Crippen molar-refractivity contribution >= 4 is 10.3 Å². The Labute approximate surface area is 139 Å². The van der Waals surface area contributed by atoms with Crippen LogP contribution in [0.2, 0.25) is 0 Å². The van der Waals surface area contributed by atoms with E-state index in [-0.39, 0.29) is 12.3 Å². The Morgan fingerprint density at radius 1 is 1.21 bits per heavy atom. The van der Waals surface area contributed by atoms with Crippen LogP contribution in [-0.4, -0.2) is 28.7 Å². The van der Waals surface area contributed by atoms with Gasteiger partial charge in [0.05, 0.1) is 6.61 Å². The minimum absolute atomic E-state index is 0.0133. The standard InChI is InChI=1S/C16H16FNO5S/c1-21-6-7-22-14-4-2-11(3-5-14)15-9-13(17)8-12-10-18-24(19,20)23-16(12)15/h2-5,8-9,18H,6-7,10H2,1H3. The normalized spacial score (nSPS) is 15.4. The fraction of sp³-hybridized carbons (Fsp3) is 0.250. The van der Waals surface area contributed by atoms with E-state index in [0.29, 0.717) is 35.7 Å². The number of nitrogens with one attached hydrogen (secondary N) is 1. The summed E-state index contributed by atoms with van der Waals surface area (Å²) in [5.41, 5.74) is 1.45. The van der Waals surface area contributed by atoms with Gasteiger partial charge in [-0.15, -0.1) is 0 Å². The molecule has 0 atom stereocenters. The molecule has 0 saturated heterocycles. The number of ether oxygens (including phenoxy) is 2. The number of rotatable bonds is 5. The summed E-state index contributed by atoms with van der Waals surface area (Å²) >= 11 is 0. The van der Waals surface area contributed by atoms with Crippen LogP contribution in [0, 0.1) is 5.82 Å². The van der Waals surface area contributed by atoms with Crippen LogP contribution in [0.15, 0.2) is 36.4 Å². The van der Waals surface area contributed by atoms with Crippen LogP contribution in [0.5, 0.6) is 11.5 Å². The zero-order chi connectivity index (χ0) is 17.2. The molecule has 128 valence electrons. The van der Waals surface area contributed by atoms with E-state index in [9.17, 15) is 12.8 Å². The first-order valence-corrected chi connectivity index (χ1v) is 8.63. The molecule has 0 saturated carbocycles.